The minimum atomic E-state index is -4.79. The normalized spacial score (nSPS) is 11.3. The number of rotatable bonds is 8. The molecule has 0 saturated heterocycles. The first kappa shape index (κ1) is 49.8. The van der Waals surface area contributed by atoms with Crippen LogP contribution in [0.5, 0.6) is 17.4 Å². The van der Waals surface area contributed by atoms with Gasteiger partial charge in [0, 0.05) is 15.9 Å². The van der Waals surface area contributed by atoms with Crippen LogP contribution in [0.1, 0.15) is 11.4 Å². The Balaban J connectivity index is 0.000000374. The van der Waals surface area contributed by atoms with Gasteiger partial charge in [-0.2, -0.15) is 32.2 Å². The summed E-state index contributed by atoms with van der Waals surface area (Å²) in [6.45, 7) is 3.13. The van der Waals surface area contributed by atoms with Crippen LogP contribution in [0, 0.1) is 13.8 Å². The average Bonchev–Trinajstić information content (AvgIpc) is 3.57. The number of aryl methyl sites for hydroxylation is 2. The van der Waals surface area contributed by atoms with E-state index in [0.29, 0.717) is 17.1 Å². The van der Waals surface area contributed by atoms with Gasteiger partial charge in [0.1, 0.15) is 5.69 Å². The molecule has 0 amide bonds. The molecule has 6 rings (SSSR count). The second kappa shape index (κ2) is 20.5. The summed E-state index contributed by atoms with van der Waals surface area (Å²) in [5.74, 6) is -2.74. The van der Waals surface area contributed by atoms with Crippen LogP contribution in [0.2, 0.25) is 10.0 Å². The Kier molecular flexibility index (Phi) is 17.9. The zero-order valence-electron chi connectivity index (χ0n) is 29.9. The summed E-state index contributed by atoms with van der Waals surface area (Å²) >= 11 is 11.5. The van der Waals surface area contributed by atoms with Gasteiger partial charge in [-0.15, -0.1) is 10.2 Å². The number of halogens is 2. The van der Waals surface area contributed by atoms with Crippen LogP contribution >= 0.6 is 23.2 Å². The van der Waals surface area contributed by atoms with E-state index in [2.05, 4.69) is 30.7 Å². The Labute approximate surface area is 389 Å². The number of nitrogens with zero attached hydrogens (tertiary/aromatic N) is 7. The van der Waals surface area contributed by atoms with Crippen LogP contribution in [0.15, 0.2) is 120 Å². The van der Waals surface area contributed by atoms with Crippen molar-refractivity contribution in [3.05, 3.63) is 117 Å². The van der Waals surface area contributed by atoms with Crippen molar-refractivity contribution in [1.82, 2.24) is 19.6 Å². The van der Waals surface area contributed by atoms with Crippen LogP contribution in [0.4, 0.5) is 22.7 Å². The van der Waals surface area contributed by atoms with Crippen molar-refractivity contribution in [3.8, 4) is 28.8 Å². The molecule has 0 atom stereocenters. The molecule has 57 heavy (non-hydrogen) atoms. The number of aromatic nitrogens is 4. The fourth-order valence-electron chi connectivity index (χ4n) is 4.62. The molecule has 0 aliphatic rings. The first-order chi connectivity index (χ1) is 25.4. The summed E-state index contributed by atoms with van der Waals surface area (Å²) in [5.41, 5.74) is 0.183. The predicted octanol–water partition coefficient (Wildman–Crippen LogP) is -0.488. The molecule has 0 bridgehead atoms. The van der Waals surface area contributed by atoms with Crippen molar-refractivity contribution in [3.63, 3.8) is 0 Å². The molecule has 25 heteroatoms. The van der Waals surface area contributed by atoms with E-state index < -0.39 is 64.3 Å². The van der Waals surface area contributed by atoms with E-state index >= 15 is 0 Å². The molecule has 4 aromatic carbocycles. The molecular formula is C32H23Cl2CrN8Na2O10S2+2. The van der Waals surface area contributed by atoms with Crippen molar-refractivity contribution < 1.29 is 118 Å². The molecule has 18 nitrogen and oxygen atoms in total. The minimum absolute atomic E-state index is 0. The molecule has 0 aliphatic heterocycles. The molecule has 6 aromatic rings. The number of nitrogens with one attached hydrogen (secondary N) is 1. The molecule has 0 unspecified atom stereocenters. The molecule has 0 aliphatic carbocycles. The largest absolute Gasteiger partial charge is 3.00 e. The van der Waals surface area contributed by atoms with Gasteiger partial charge in [0.25, 0.3) is 25.8 Å². The van der Waals surface area contributed by atoms with Crippen LogP contribution in [-0.2, 0) is 37.6 Å². The number of aromatic amines is 1. The van der Waals surface area contributed by atoms with Gasteiger partial charge in [-0.05, 0) is 62.4 Å². The van der Waals surface area contributed by atoms with Gasteiger partial charge in [-0.1, -0.05) is 71.1 Å². The molecule has 283 valence electrons. The Bertz CT molecular complexity index is 2740. The molecule has 3 N–H and O–H groups in total. The van der Waals surface area contributed by atoms with E-state index in [4.69, 9.17) is 32.3 Å². The van der Waals surface area contributed by atoms with Crippen LogP contribution < -0.4 is 80.0 Å². The van der Waals surface area contributed by atoms with Gasteiger partial charge in [-0.3, -0.25) is 19.0 Å². The van der Waals surface area contributed by atoms with E-state index in [1.807, 2.05) is 0 Å². The summed E-state index contributed by atoms with van der Waals surface area (Å²) in [6.07, 6.45) is 0. The fourth-order valence-corrected chi connectivity index (χ4v) is 6.40. The number of para-hydroxylation sites is 2. The van der Waals surface area contributed by atoms with Crippen LogP contribution in [0.25, 0.3) is 11.4 Å². The van der Waals surface area contributed by atoms with Crippen molar-refractivity contribution in [1.29, 1.82) is 0 Å². The molecule has 2 aromatic heterocycles. The van der Waals surface area contributed by atoms with Gasteiger partial charge >= 0.3 is 76.5 Å². The second-order valence-electron chi connectivity index (χ2n) is 10.9. The van der Waals surface area contributed by atoms with Gasteiger partial charge in [-0.25, -0.2) is 9.36 Å². The Morgan fingerprint density at radius 2 is 1.11 bits per heavy atom. The second-order valence-corrected chi connectivity index (χ2v) is 14.6. The van der Waals surface area contributed by atoms with Crippen molar-refractivity contribution >= 4 is 66.2 Å². The maximum atomic E-state index is 12.5. The van der Waals surface area contributed by atoms with Crippen molar-refractivity contribution in [2.45, 2.75) is 23.6 Å². The maximum absolute atomic E-state index is 12.5. The van der Waals surface area contributed by atoms with Crippen molar-refractivity contribution in [2.75, 3.05) is 0 Å². The van der Waals surface area contributed by atoms with Gasteiger partial charge < -0.3 is 15.3 Å². The SMILES string of the molecule is Cc1[nH]n(-c2ccccc2)c(=O)c1N=Nc1cc(Cl)cc(S(=O)(=O)O)c1[O-].Cc1nn(-c2ccccc2)c([O-])c1N=Nc1cc(Cl)cc(S(=O)(=O)O)c1[O-].[Cr+3].[Na+].[Na+]. The summed E-state index contributed by atoms with van der Waals surface area (Å²) in [6, 6.07) is 21.1. The van der Waals surface area contributed by atoms with Crippen LogP contribution in [-0.4, -0.2) is 45.5 Å². The van der Waals surface area contributed by atoms with Gasteiger partial charge in [0.05, 0.1) is 43.9 Å². The average molecular weight is 913 g/mol. The van der Waals surface area contributed by atoms with E-state index in [1.54, 1.807) is 67.6 Å². The quantitative estimate of drug-likeness (QED) is 0.0996. The summed E-state index contributed by atoms with van der Waals surface area (Å²) in [7, 11) is -9.57. The molecule has 0 fully saturated rings. The number of benzene rings is 4. The van der Waals surface area contributed by atoms with Crippen molar-refractivity contribution in [2.24, 2.45) is 20.5 Å². The topological polar surface area (TPSA) is 283 Å². The minimum Gasteiger partial charge on any atom is -0.870 e. The zero-order chi connectivity index (χ0) is 39.5. The third-order valence-corrected chi connectivity index (χ3v) is 9.27. The standard InChI is InChI=1S/2C16H13ClN4O5S.Cr.2Na/c2*1-9-14(16(23)21(20-9)11-5-3-2-4-6-11)19-18-12-7-10(17)8-13(15(12)22)27(24,25)26;;;/h2-8,22-23H,1H3,(H,24,25,26);2-8,20,22H,1H3,(H,24,25,26);;;/q;;+3;2*+1/p-3. The molecule has 0 saturated carbocycles. The zero-order valence-corrected chi connectivity index (χ0v) is 38.3. The number of azo groups is 2. The van der Waals surface area contributed by atoms with E-state index in [9.17, 15) is 36.9 Å². The number of hydrogen-bond acceptors (Lipinski definition) is 13. The number of H-pyrrole nitrogens is 1. The fraction of sp³-hybridized carbons (Fsp3) is 0.0625. The summed E-state index contributed by atoms with van der Waals surface area (Å²) in [4.78, 5) is 10.7. The third kappa shape index (κ3) is 11.9. The molecule has 0 spiro atoms. The van der Waals surface area contributed by atoms with E-state index in [1.165, 1.54) is 11.6 Å². The van der Waals surface area contributed by atoms with E-state index in [-0.39, 0.29) is 104 Å². The van der Waals surface area contributed by atoms with Gasteiger partial charge in [0.2, 0.25) is 0 Å². The Morgan fingerprint density at radius 3 is 1.54 bits per heavy atom. The molecule has 2 heterocycles. The number of hydrogen-bond donors (Lipinski definition) is 3. The third-order valence-electron chi connectivity index (χ3n) is 7.11. The molecular weight excluding hydrogens is 889 g/mol. The first-order valence-corrected chi connectivity index (χ1v) is 18.5. The Hall–Kier alpha value is -3.37. The van der Waals surface area contributed by atoms with Crippen LogP contribution in [0.3, 0.4) is 0 Å². The van der Waals surface area contributed by atoms with Gasteiger partial charge in [0.15, 0.2) is 5.69 Å². The summed E-state index contributed by atoms with van der Waals surface area (Å²) < 4.78 is 65.6. The monoisotopic (exact) mass is 911 g/mol. The first-order valence-electron chi connectivity index (χ1n) is 14.9. The molecule has 1 radical (unpaired) electrons. The maximum Gasteiger partial charge on any atom is 3.00 e. The smallest absolute Gasteiger partial charge is 0.870 e. The predicted molar refractivity (Wildman–Crippen MR) is 189 cm³/mol. The summed E-state index contributed by atoms with van der Waals surface area (Å²) in [5, 5.41) is 58.2. The Morgan fingerprint density at radius 1 is 0.684 bits per heavy atom. The van der Waals surface area contributed by atoms with E-state index in [0.717, 1.165) is 28.9 Å².